The molecule has 2 heterocycles. The van der Waals surface area contributed by atoms with E-state index in [1.54, 1.807) is 18.3 Å². The van der Waals surface area contributed by atoms with E-state index in [1.165, 1.54) is 4.90 Å². The molecule has 1 aromatic heterocycles. The lowest BCUT2D eigenvalue weighted by atomic mass is 10.2. The first kappa shape index (κ1) is 11.6. The molecule has 0 aliphatic carbocycles. The number of nitrogen functional groups attached to an aromatic ring is 1. The van der Waals surface area contributed by atoms with Crippen molar-refractivity contribution in [1.29, 1.82) is 0 Å². The number of imide groups is 1. The molecule has 1 aromatic rings. The summed E-state index contributed by atoms with van der Waals surface area (Å²) in [6.07, 6.45) is 4.06. The van der Waals surface area contributed by atoms with E-state index in [-0.39, 0.29) is 11.8 Å². The van der Waals surface area contributed by atoms with Gasteiger partial charge in [-0.1, -0.05) is 0 Å². The van der Waals surface area contributed by atoms with E-state index in [0.717, 1.165) is 18.4 Å². The zero-order chi connectivity index (χ0) is 12.3. The Bertz CT molecular complexity index is 427. The zero-order valence-electron chi connectivity index (χ0n) is 9.56. The van der Waals surface area contributed by atoms with Gasteiger partial charge in [-0.3, -0.25) is 14.5 Å². The number of pyridine rings is 1. The molecule has 0 radical (unpaired) electrons. The minimum absolute atomic E-state index is 0.0946. The molecule has 0 saturated carbocycles. The number of nitrogens with two attached hydrogens (primary N) is 1. The summed E-state index contributed by atoms with van der Waals surface area (Å²) in [4.78, 5) is 28.7. The van der Waals surface area contributed by atoms with Crippen LogP contribution < -0.4 is 5.73 Å². The summed E-state index contributed by atoms with van der Waals surface area (Å²) in [5, 5.41) is 0. The third kappa shape index (κ3) is 2.81. The average Bonchev–Trinajstić information content (AvgIpc) is 2.44. The SMILES string of the molecule is Nc1cc(CN2C(=O)CCCCC2=O)ccn1. The number of likely N-dealkylation sites (tertiary alicyclic amines) is 1. The number of nitrogens with zero attached hydrogens (tertiary/aromatic N) is 2. The van der Waals surface area contributed by atoms with Gasteiger partial charge in [0.1, 0.15) is 5.82 Å². The molecule has 0 bridgehead atoms. The molecule has 0 unspecified atom stereocenters. The Balaban J connectivity index is 2.15. The van der Waals surface area contributed by atoms with Gasteiger partial charge in [0.25, 0.3) is 0 Å². The minimum atomic E-state index is -0.0946. The van der Waals surface area contributed by atoms with Crippen LogP contribution in [0.5, 0.6) is 0 Å². The third-order valence-corrected chi connectivity index (χ3v) is 2.82. The Morgan fingerprint density at radius 3 is 2.47 bits per heavy atom. The lowest BCUT2D eigenvalue weighted by Crippen LogP contribution is -2.34. The lowest BCUT2D eigenvalue weighted by molar-refractivity contribution is -0.144. The molecule has 1 aliphatic rings. The van der Waals surface area contributed by atoms with Gasteiger partial charge in [0.05, 0.1) is 6.54 Å². The van der Waals surface area contributed by atoms with Crippen LogP contribution in [-0.4, -0.2) is 21.7 Å². The molecule has 5 heteroatoms. The van der Waals surface area contributed by atoms with E-state index in [2.05, 4.69) is 4.98 Å². The summed E-state index contributed by atoms with van der Waals surface area (Å²) in [6, 6.07) is 3.45. The normalized spacial score (nSPS) is 17.1. The van der Waals surface area contributed by atoms with E-state index in [0.29, 0.717) is 25.2 Å². The van der Waals surface area contributed by atoms with Gasteiger partial charge >= 0.3 is 0 Å². The summed E-state index contributed by atoms with van der Waals surface area (Å²) in [5.74, 6) is 0.211. The fraction of sp³-hybridized carbons (Fsp3) is 0.417. The molecule has 2 amide bonds. The number of rotatable bonds is 2. The molecule has 0 atom stereocenters. The molecule has 0 spiro atoms. The largest absolute Gasteiger partial charge is 0.384 e. The predicted octanol–water partition coefficient (Wildman–Crippen LogP) is 1.09. The van der Waals surface area contributed by atoms with E-state index < -0.39 is 0 Å². The first-order valence-electron chi connectivity index (χ1n) is 5.70. The number of amides is 2. The van der Waals surface area contributed by atoms with Gasteiger partial charge in [0.15, 0.2) is 0 Å². The monoisotopic (exact) mass is 233 g/mol. The van der Waals surface area contributed by atoms with E-state index in [9.17, 15) is 9.59 Å². The van der Waals surface area contributed by atoms with Crippen molar-refractivity contribution in [3.8, 4) is 0 Å². The molecule has 17 heavy (non-hydrogen) atoms. The fourth-order valence-corrected chi connectivity index (χ4v) is 1.91. The minimum Gasteiger partial charge on any atom is -0.384 e. The summed E-state index contributed by atoms with van der Waals surface area (Å²) < 4.78 is 0. The Morgan fingerprint density at radius 2 is 1.88 bits per heavy atom. The van der Waals surface area contributed by atoms with Crippen LogP contribution in [0.3, 0.4) is 0 Å². The number of carbonyl (C=O) groups is 2. The Kier molecular flexibility index (Phi) is 3.37. The Labute approximate surface area is 99.6 Å². The van der Waals surface area contributed by atoms with Gasteiger partial charge < -0.3 is 5.73 Å². The Hall–Kier alpha value is -1.91. The second-order valence-electron chi connectivity index (χ2n) is 4.17. The summed E-state index contributed by atoms with van der Waals surface area (Å²) >= 11 is 0. The van der Waals surface area contributed by atoms with Crippen LogP contribution in [0.15, 0.2) is 18.3 Å². The van der Waals surface area contributed by atoms with E-state index in [4.69, 9.17) is 5.73 Å². The van der Waals surface area contributed by atoms with E-state index >= 15 is 0 Å². The molecule has 1 fully saturated rings. The smallest absolute Gasteiger partial charge is 0.229 e. The van der Waals surface area contributed by atoms with Crippen molar-refractivity contribution in [2.45, 2.75) is 32.2 Å². The summed E-state index contributed by atoms with van der Waals surface area (Å²) in [7, 11) is 0. The van der Waals surface area contributed by atoms with E-state index in [1.807, 2.05) is 0 Å². The highest BCUT2D eigenvalue weighted by Crippen LogP contribution is 2.16. The van der Waals surface area contributed by atoms with Crippen LogP contribution >= 0.6 is 0 Å². The molecule has 1 aliphatic heterocycles. The van der Waals surface area contributed by atoms with Crippen LogP contribution in [0.25, 0.3) is 0 Å². The van der Waals surface area contributed by atoms with Crippen molar-refractivity contribution in [3.63, 3.8) is 0 Å². The lowest BCUT2D eigenvalue weighted by Gasteiger charge is -2.18. The third-order valence-electron chi connectivity index (χ3n) is 2.82. The Morgan fingerprint density at radius 1 is 1.24 bits per heavy atom. The van der Waals surface area contributed by atoms with Gasteiger partial charge in [-0.25, -0.2) is 4.98 Å². The van der Waals surface area contributed by atoms with Crippen LogP contribution in [0, 0.1) is 0 Å². The van der Waals surface area contributed by atoms with Crippen molar-refractivity contribution in [2.75, 3.05) is 5.73 Å². The van der Waals surface area contributed by atoms with Crippen LogP contribution in [0.1, 0.15) is 31.2 Å². The molecular weight excluding hydrogens is 218 g/mol. The van der Waals surface area contributed by atoms with Crippen LogP contribution in [0.2, 0.25) is 0 Å². The van der Waals surface area contributed by atoms with Crippen LogP contribution in [0.4, 0.5) is 5.82 Å². The van der Waals surface area contributed by atoms with Crippen molar-refractivity contribution in [2.24, 2.45) is 0 Å². The molecule has 1 saturated heterocycles. The van der Waals surface area contributed by atoms with Gasteiger partial charge in [-0.15, -0.1) is 0 Å². The maximum atomic E-state index is 11.8. The van der Waals surface area contributed by atoms with Crippen LogP contribution in [-0.2, 0) is 16.1 Å². The predicted molar refractivity (Wildman–Crippen MR) is 62.7 cm³/mol. The second-order valence-corrected chi connectivity index (χ2v) is 4.17. The van der Waals surface area contributed by atoms with Crippen molar-refractivity contribution < 1.29 is 9.59 Å². The van der Waals surface area contributed by atoms with Gasteiger partial charge in [-0.2, -0.15) is 0 Å². The highest BCUT2D eigenvalue weighted by atomic mass is 16.2. The molecule has 5 nitrogen and oxygen atoms in total. The molecule has 0 aromatic carbocycles. The first-order chi connectivity index (χ1) is 8.16. The fourth-order valence-electron chi connectivity index (χ4n) is 1.91. The molecule has 2 N–H and O–H groups in total. The number of aromatic nitrogens is 1. The summed E-state index contributed by atoms with van der Waals surface area (Å²) in [6.45, 7) is 0.296. The van der Waals surface area contributed by atoms with Gasteiger partial charge in [-0.05, 0) is 30.5 Å². The first-order valence-corrected chi connectivity index (χ1v) is 5.70. The number of carbonyl (C=O) groups excluding carboxylic acids is 2. The average molecular weight is 233 g/mol. The number of hydrogen-bond donors (Lipinski definition) is 1. The zero-order valence-corrected chi connectivity index (χ0v) is 9.56. The van der Waals surface area contributed by atoms with Gasteiger partial charge in [0.2, 0.25) is 11.8 Å². The second kappa shape index (κ2) is 4.95. The van der Waals surface area contributed by atoms with Crippen molar-refractivity contribution >= 4 is 17.6 Å². The molecule has 90 valence electrons. The van der Waals surface area contributed by atoms with Crippen molar-refractivity contribution in [1.82, 2.24) is 9.88 Å². The van der Waals surface area contributed by atoms with Crippen molar-refractivity contribution in [3.05, 3.63) is 23.9 Å². The quantitative estimate of drug-likeness (QED) is 0.776. The topological polar surface area (TPSA) is 76.3 Å². The molecule has 2 rings (SSSR count). The number of hydrogen-bond acceptors (Lipinski definition) is 4. The molecular formula is C12H15N3O2. The summed E-state index contributed by atoms with van der Waals surface area (Å²) in [5.41, 5.74) is 6.40. The number of anilines is 1. The standard InChI is InChI=1S/C12H15N3O2/c13-10-7-9(5-6-14-10)8-15-11(16)3-1-2-4-12(15)17/h5-7H,1-4,8H2,(H2,13,14). The maximum absolute atomic E-state index is 11.8. The highest BCUT2D eigenvalue weighted by molar-refractivity contribution is 5.95. The highest BCUT2D eigenvalue weighted by Gasteiger charge is 2.23. The van der Waals surface area contributed by atoms with Gasteiger partial charge in [0, 0.05) is 19.0 Å². The maximum Gasteiger partial charge on any atom is 0.229 e.